The lowest BCUT2D eigenvalue weighted by atomic mass is 10.1. The molecule has 0 saturated carbocycles. The molecule has 2 N–H and O–H groups in total. The third-order valence-electron chi connectivity index (χ3n) is 3.48. The Kier molecular flexibility index (Phi) is 7.01. The molecule has 0 bridgehead atoms. The summed E-state index contributed by atoms with van der Waals surface area (Å²) in [5.74, 6) is 0.436. The highest BCUT2D eigenvalue weighted by molar-refractivity contribution is 5.95. The van der Waals surface area contributed by atoms with Gasteiger partial charge < -0.3 is 4.74 Å². The van der Waals surface area contributed by atoms with Crippen LogP contribution in [-0.4, -0.2) is 18.4 Å². The van der Waals surface area contributed by atoms with E-state index >= 15 is 0 Å². The number of nitrogens with one attached hydrogen (secondary N) is 2. The second-order valence-electron chi connectivity index (χ2n) is 6.22. The normalized spacial score (nSPS) is 10.4. The molecule has 0 atom stereocenters. The quantitative estimate of drug-likeness (QED) is 0.761. The van der Waals surface area contributed by atoms with E-state index in [1.54, 1.807) is 24.3 Å². The minimum absolute atomic E-state index is 0.232. The lowest BCUT2D eigenvalue weighted by Gasteiger charge is -2.11. The van der Waals surface area contributed by atoms with Crippen molar-refractivity contribution >= 4 is 11.8 Å². The van der Waals surface area contributed by atoms with E-state index in [9.17, 15) is 9.59 Å². The maximum atomic E-state index is 12.1. The lowest BCUT2D eigenvalue weighted by Crippen LogP contribution is -2.41. The smallest absolute Gasteiger partial charge is 0.269 e. The Morgan fingerprint density at radius 3 is 2.48 bits per heavy atom. The number of amides is 2. The lowest BCUT2D eigenvalue weighted by molar-refractivity contribution is -0.121. The molecule has 5 nitrogen and oxygen atoms in total. The van der Waals surface area contributed by atoms with Crippen molar-refractivity contribution in [3.63, 3.8) is 0 Å². The van der Waals surface area contributed by atoms with Crippen molar-refractivity contribution in [2.45, 2.75) is 26.7 Å². The monoisotopic (exact) mass is 340 g/mol. The van der Waals surface area contributed by atoms with Gasteiger partial charge >= 0.3 is 0 Å². The molecule has 0 aromatic heterocycles. The van der Waals surface area contributed by atoms with Crippen molar-refractivity contribution < 1.29 is 14.3 Å². The highest BCUT2D eigenvalue weighted by Crippen LogP contribution is 2.14. The minimum atomic E-state index is -0.372. The zero-order chi connectivity index (χ0) is 18.1. The van der Waals surface area contributed by atoms with Crippen molar-refractivity contribution in [1.29, 1.82) is 0 Å². The zero-order valence-corrected chi connectivity index (χ0v) is 14.6. The summed E-state index contributed by atoms with van der Waals surface area (Å²) in [6, 6.07) is 16.6. The zero-order valence-electron chi connectivity index (χ0n) is 14.6. The number of rotatable bonds is 7. The maximum Gasteiger partial charge on any atom is 0.269 e. The van der Waals surface area contributed by atoms with Crippen LogP contribution in [0.1, 0.15) is 36.2 Å². The van der Waals surface area contributed by atoms with E-state index in [4.69, 9.17) is 4.74 Å². The number of ether oxygens (including phenoxy) is 1. The molecule has 5 heteroatoms. The third kappa shape index (κ3) is 6.67. The second-order valence-corrected chi connectivity index (χ2v) is 6.22. The summed E-state index contributed by atoms with van der Waals surface area (Å²) in [5.41, 5.74) is 6.39. The van der Waals surface area contributed by atoms with Gasteiger partial charge in [-0.05, 0) is 36.1 Å². The average Bonchev–Trinajstić information content (AvgIpc) is 2.63. The molecule has 2 aromatic carbocycles. The molecule has 0 heterocycles. The average molecular weight is 340 g/mol. The summed E-state index contributed by atoms with van der Waals surface area (Å²) >= 11 is 0. The van der Waals surface area contributed by atoms with Gasteiger partial charge in [0.1, 0.15) is 5.75 Å². The molecule has 0 aliphatic rings. The summed E-state index contributed by atoms with van der Waals surface area (Å²) in [5, 5.41) is 0. The topological polar surface area (TPSA) is 67.4 Å². The van der Waals surface area contributed by atoms with Crippen LogP contribution in [0.15, 0.2) is 54.6 Å². The molecule has 0 spiro atoms. The first-order valence-electron chi connectivity index (χ1n) is 8.40. The van der Waals surface area contributed by atoms with Crippen LogP contribution in [0.5, 0.6) is 5.75 Å². The second kappa shape index (κ2) is 9.47. The van der Waals surface area contributed by atoms with Crippen molar-refractivity contribution in [2.75, 3.05) is 6.61 Å². The van der Waals surface area contributed by atoms with Gasteiger partial charge in [-0.15, -0.1) is 0 Å². The van der Waals surface area contributed by atoms with Crippen LogP contribution >= 0.6 is 0 Å². The van der Waals surface area contributed by atoms with Crippen molar-refractivity contribution in [1.82, 2.24) is 10.9 Å². The Morgan fingerprint density at radius 2 is 1.76 bits per heavy atom. The molecule has 0 radical (unpaired) electrons. The van der Waals surface area contributed by atoms with Crippen LogP contribution in [0.25, 0.3) is 0 Å². The number of aryl methyl sites for hydroxylation is 1. The van der Waals surface area contributed by atoms with Gasteiger partial charge in [0.05, 0.1) is 6.61 Å². The van der Waals surface area contributed by atoms with Crippen LogP contribution in [0, 0.1) is 5.92 Å². The van der Waals surface area contributed by atoms with E-state index in [1.807, 2.05) is 30.3 Å². The molecule has 25 heavy (non-hydrogen) atoms. The Hall–Kier alpha value is -2.82. The summed E-state index contributed by atoms with van der Waals surface area (Å²) in [6.07, 6.45) is 0.933. The van der Waals surface area contributed by atoms with Crippen LogP contribution in [-0.2, 0) is 11.2 Å². The standard InChI is InChI=1S/C20H24N2O3/c1-15(2)14-25-18-10-6-9-17(13-18)20(24)22-21-19(23)12-11-16-7-4-3-5-8-16/h3-10,13,15H,11-12,14H2,1-2H3,(H,21,23)(H,22,24). The SMILES string of the molecule is CC(C)COc1cccc(C(=O)NNC(=O)CCc2ccccc2)c1. The van der Waals surface area contributed by atoms with Crippen molar-refractivity contribution in [2.24, 2.45) is 5.92 Å². The van der Waals surface area contributed by atoms with Gasteiger partial charge in [-0.25, -0.2) is 0 Å². The predicted molar refractivity (Wildman–Crippen MR) is 97.1 cm³/mol. The fourth-order valence-electron chi connectivity index (χ4n) is 2.15. The Labute approximate surface area is 148 Å². The first-order chi connectivity index (χ1) is 12.0. The van der Waals surface area contributed by atoms with E-state index in [0.29, 0.717) is 36.7 Å². The predicted octanol–water partition coefficient (Wildman–Crippen LogP) is 3.12. The first kappa shape index (κ1) is 18.5. The molecule has 0 aliphatic carbocycles. The van der Waals surface area contributed by atoms with Gasteiger partial charge in [-0.1, -0.05) is 50.2 Å². The first-order valence-corrected chi connectivity index (χ1v) is 8.40. The van der Waals surface area contributed by atoms with Gasteiger partial charge in [0.15, 0.2) is 0 Å². The molecular formula is C20H24N2O3. The van der Waals surface area contributed by atoms with Crippen molar-refractivity contribution in [3.05, 3.63) is 65.7 Å². The largest absolute Gasteiger partial charge is 0.493 e. The van der Waals surface area contributed by atoms with Crippen molar-refractivity contribution in [3.8, 4) is 5.75 Å². The number of carbonyl (C=O) groups is 2. The van der Waals surface area contributed by atoms with E-state index in [1.165, 1.54) is 0 Å². The Balaban J connectivity index is 1.79. The molecule has 0 aliphatic heterocycles. The third-order valence-corrected chi connectivity index (χ3v) is 3.48. The van der Waals surface area contributed by atoms with Crippen LogP contribution in [0.4, 0.5) is 0 Å². The fraction of sp³-hybridized carbons (Fsp3) is 0.300. The molecule has 0 unspecified atom stereocenters. The summed E-state index contributed by atoms with van der Waals surface area (Å²) in [4.78, 5) is 24.0. The highest BCUT2D eigenvalue weighted by atomic mass is 16.5. The number of hydrogen-bond acceptors (Lipinski definition) is 3. The molecule has 132 valence electrons. The van der Waals surface area contributed by atoms with Gasteiger partial charge in [-0.2, -0.15) is 0 Å². The fourth-order valence-corrected chi connectivity index (χ4v) is 2.15. The number of carbonyl (C=O) groups excluding carboxylic acids is 2. The van der Waals surface area contributed by atoms with E-state index in [2.05, 4.69) is 24.7 Å². The molecule has 2 amide bonds. The van der Waals surface area contributed by atoms with Crippen LogP contribution in [0.2, 0.25) is 0 Å². The van der Waals surface area contributed by atoms with Gasteiger partial charge in [0.25, 0.3) is 5.91 Å². The summed E-state index contributed by atoms with van der Waals surface area (Å²) < 4.78 is 5.60. The summed E-state index contributed by atoms with van der Waals surface area (Å²) in [7, 11) is 0. The summed E-state index contributed by atoms with van der Waals surface area (Å²) in [6.45, 7) is 4.70. The minimum Gasteiger partial charge on any atom is -0.493 e. The molecule has 2 aromatic rings. The van der Waals surface area contributed by atoms with E-state index < -0.39 is 0 Å². The van der Waals surface area contributed by atoms with Gasteiger partial charge in [-0.3, -0.25) is 20.4 Å². The Bertz CT molecular complexity index is 699. The van der Waals surface area contributed by atoms with Gasteiger partial charge in [0.2, 0.25) is 5.91 Å². The van der Waals surface area contributed by atoms with E-state index in [0.717, 1.165) is 5.56 Å². The van der Waals surface area contributed by atoms with Crippen LogP contribution in [0.3, 0.4) is 0 Å². The highest BCUT2D eigenvalue weighted by Gasteiger charge is 2.09. The number of benzene rings is 2. The molecule has 0 saturated heterocycles. The number of hydrogen-bond donors (Lipinski definition) is 2. The molecule has 0 fully saturated rings. The van der Waals surface area contributed by atoms with E-state index in [-0.39, 0.29) is 11.8 Å². The van der Waals surface area contributed by atoms with Gasteiger partial charge in [0, 0.05) is 12.0 Å². The van der Waals surface area contributed by atoms with Crippen LogP contribution < -0.4 is 15.6 Å². The number of hydrazine groups is 1. The Morgan fingerprint density at radius 1 is 1.00 bits per heavy atom. The molecule has 2 rings (SSSR count). The maximum absolute atomic E-state index is 12.1. The molecular weight excluding hydrogens is 316 g/mol.